The van der Waals surface area contributed by atoms with Crippen molar-refractivity contribution in [3.05, 3.63) is 35.0 Å². The lowest BCUT2D eigenvalue weighted by atomic mass is 10.2. The molecule has 0 saturated carbocycles. The molecule has 3 N–H and O–H groups in total. The molecular weight excluding hydrogens is 182 g/mol. The Labute approximate surface area is 78.9 Å². The van der Waals surface area contributed by atoms with Crippen LogP contribution in [-0.4, -0.2) is 19.9 Å². The van der Waals surface area contributed by atoms with E-state index in [9.17, 15) is 4.79 Å². The Bertz CT molecular complexity index is 493. The van der Waals surface area contributed by atoms with Gasteiger partial charge in [0.25, 0.3) is 0 Å². The van der Waals surface area contributed by atoms with Gasteiger partial charge in [-0.3, -0.25) is 9.97 Å². The van der Waals surface area contributed by atoms with Gasteiger partial charge in [-0.1, -0.05) is 0 Å². The van der Waals surface area contributed by atoms with E-state index in [1.807, 2.05) is 0 Å². The molecule has 70 valence electrons. The van der Waals surface area contributed by atoms with Crippen molar-refractivity contribution in [1.29, 1.82) is 0 Å². The molecule has 0 aliphatic rings. The highest BCUT2D eigenvalue weighted by molar-refractivity contribution is 5.53. The monoisotopic (exact) mass is 189 g/mol. The third-order valence-electron chi connectivity index (χ3n) is 1.61. The van der Waals surface area contributed by atoms with Gasteiger partial charge in [0.15, 0.2) is 5.82 Å². The molecule has 6 heteroatoms. The van der Waals surface area contributed by atoms with Gasteiger partial charge in [-0.2, -0.15) is 9.97 Å². The van der Waals surface area contributed by atoms with Crippen LogP contribution in [0.25, 0.3) is 11.4 Å². The highest BCUT2D eigenvalue weighted by Gasteiger charge is 2.02. The van der Waals surface area contributed by atoms with E-state index in [0.717, 1.165) is 0 Å². The zero-order valence-electron chi connectivity index (χ0n) is 7.14. The fourth-order valence-electron chi connectivity index (χ4n) is 1.03. The van der Waals surface area contributed by atoms with Crippen molar-refractivity contribution in [1.82, 2.24) is 19.9 Å². The Kier molecular flexibility index (Phi) is 1.94. The summed E-state index contributed by atoms with van der Waals surface area (Å²) in [5.74, 6) is 0.352. The SMILES string of the molecule is Nc1nc(-c2ccncc2)nc(=O)[nH]1. The number of anilines is 1. The fraction of sp³-hybridized carbons (Fsp3) is 0. The van der Waals surface area contributed by atoms with Crippen LogP contribution in [0.15, 0.2) is 29.3 Å². The van der Waals surface area contributed by atoms with Crippen molar-refractivity contribution in [2.75, 3.05) is 5.73 Å². The van der Waals surface area contributed by atoms with Crippen molar-refractivity contribution >= 4 is 5.95 Å². The molecule has 2 heterocycles. The van der Waals surface area contributed by atoms with Gasteiger partial charge in [-0.05, 0) is 12.1 Å². The van der Waals surface area contributed by atoms with Gasteiger partial charge in [0.2, 0.25) is 5.95 Å². The van der Waals surface area contributed by atoms with Gasteiger partial charge >= 0.3 is 5.69 Å². The second kappa shape index (κ2) is 3.25. The number of rotatable bonds is 1. The van der Waals surface area contributed by atoms with Gasteiger partial charge in [0, 0.05) is 18.0 Å². The molecule has 0 radical (unpaired) electrons. The molecule has 0 aromatic carbocycles. The number of nitrogens with zero attached hydrogens (tertiary/aromatic N) is 3. The van der Waals surface area contributed by atoms with Crippen LogP contribution in [0.5, 0.6) is 0 Å². The summed E-state index contributed by atoms with van der Waals surface area (Å²) in [5.41, 5.74) is 5.57. The first-order chi connectivity index (χ1) is 6.75. The Morgan fingerprint density at radius 2 is 1.93 bits per heavy atom. The zero-order valence-corrected chi connectivity index (χ0v) is 7.14. The first-order valence-electron chi connectivity index (χ1n) is 3.90. The van der Waals surface area contributed by atoms with Crippen molar-refractivity contribution < 1.29 is 0 Å². The number of nitrogens with two attached hydrogens (primary N) is 1. The predicted molar refractivity (Wildman–Crippen MR) is 50.3 cm³/mol. The van der Waals surface area contributed by atoms with Crippen LogP contribution in [0.1, 0.15) is 0 Å². The minimum absolute atomic E-state index is 0.0526. The maximum atomic E-state index is 11.0. The largest absolute Gasteiger partial charge is 0.369 e. The number of hydrogen-bond acceptors (Lipinski definition) is 5. The van der Waals surface area contributed by atoms with E-state index in [1.165, 1.54) is 0 Å². The number of pyridine rings is 1. The summed E-state index contributed by atoms with van der Waals surface area (Å²) >= 11 is 0. The minimum Gasteiger partial charge on any atom is -0.369 e. The Morgan fingerprint density at radius 1 is 1.21 bits per heavy atom. The molecule has 14 heavy (non-hydrogen) atoms. The van der Waals surface area contributed by atoms with Crippen LogP contribution in [0.3, 0.4) is 0 Å². The molecule has 0 atom stereocenters. The van der Waals surface area contributed by atoms with E-state index in [2.05, 4.69) is 19.9 Å². The highest BCUT2D eigenvalue weighted by atomic mass is 16.1. The van der Waals surface area contributed by atoms with Crippen LogP contribution >= 0.6 is 0 Å². The van der Waals surface area contributed by atoms with Crippen molar-refractivity contribution in [3.63, 3.8) is 0 Å². The smallest absolute Gasteiger partial charge is 0.349 e. The predicted octanol–water partition coefficient (Wildman–Crippen LogP) is -0.191. The number of nitrogens with one attached hydrogen (secondary N) is 1. The molecule has 0 spiro atoms. The molecule has 2 rings (SSSR count). The van der Waals surface area contributed by atoms with E-state index in [0.29, 0.717) is 11.4 Å². The third-order valence-corrected chi connectivity index (χ3v) is 1.61. The van der Waals surface area contributed by atoms with Gasteiger partial charge in [-0.15, -0.1) is 0 Å². The summed E-state index contributed by atoms with van der Waals surface area (Å²) in [4.78, 5) is 24.7. The molecule has 0 amide bonds. The molecule has 0 aliphatic heterocycles. The number of nitrogen functional groups attached to an aromatic ring is 1. The number of hydrogen-bond donors (Lipinski definition) is 2. The summed E-state index contributed by atoms with van der Waals surface area (Å²) in [6.07, 6.45) is 3.19. The molecule has 0 saturated heterocycles. The third kappa shape index (κ3) is 1.58. The van der Waals surface area contributed by atoms with Crippen LogP contribution in [0.4, 0.5) is 5.95 Å². The lowest BCUT2D eigenvalue weighted by Gasteiger charge is -1.98. The lowest BCUT2D eigenvalue weighted by molar-refractivity contribution is 1.01. The Balaban J connectivity index is 2.58. The lowest BCUT2D eigenvalue weighted by Crippen LogP contribution is -2.15. The van der Waals surface area contributed by atoms with E-state index in [-0.39, 0.29) is 5.95 Å². The molecule has 0 aliphatic carbocycles. The van der Waals surface area contributed by atoms with Crippen molar-refractivity contribution in [3.8, 4) is 11.4 Å². The van der Waals surface area contributed by atoms with Crippen molar-refractivity contribution in [2.45, 2.75) is 0 Å². The first-order valence-corrected chi connectivity index (χ1v) is 3.90. The number of aromatic amines is 1. The summed E-state index contributed by atoms with van der Waals surface area (Å²) in [6.45, 7) is 0. The van der Waals surface area contributed by atoms with Gasteiger partial charge in [-0.25, -0.2) is 4.79 Å². The molecule has 0 bridgehead atoms. The summed E-state index contributed by atoms with van der Waals surface area (Å²) in [7, 11) is 0. The van der Waals surface area contributed by atoms with E-state index < -0.39 is 5.69 Å². The quantitative estimate of drug-likeness (QED) is 0.647. The van der Waals surface area contributed by atoms with E-state index in [4.69, 9.17) is 5.73 Å². The fourth-order valence-corrected chi connectivity index (χ4v) is 1.03. The van der Waals surface area contributed by atoms with Crippen LogP contribution in [0, 0.1) is 0 Å². The maximum absolute atomic E-state index is 11.0. The number of H-pyrrole nitrogens is 1. The topological polar surface area (TPSA) is 97.5 Å². The maximum Gasteiger partial charge on any atom is 0.349 e. The molecule has 2 aromatic heterocycles. The molecule has 2 aromatic rings. The molecule has 0 fully saturated rings. The van der Waals surface area contributed by atoms with Crippen molar-refractivity contribution in [2.24, 2.45) is 0 Å². The Hall–Kier alpha value is -2.24. The van der Waals surface area contributed by atoms with Gasteiger partial charge in [0.05, 0.1) is 0 Å². The van der Waals surface area contributed by atoms with E-state index in [1.54, 1.807) is 24.5 Å². The second-order valence-electron chi connectivity index (χ2n) is 2.60. The van der Waals surface area contributed by atoms with Crippen LogP contribution in [-0.2, 0) is 0 Å². The average Bonchev–Trinajstić information content (AvgIpc) is 2.18. The van der Waals surface area contributed by atoms with E-state index >= 15 is 0 Å². The highest BCUT2D eigenvalue weighted by Crippen LogP contribution is 2.10. The molecule has 0 unspecified atom stereocenters. The normalized spacial score (nSPS) is 10.0. The first kappa shape index (κ1) is 8.36. The van der Waals surface area contributed by atoms with Crippen LogP contribution in [0.2, 0.25) is 0 Å². The Morgan fingerprint density at radius 3 is 2.57 bits per heavy atom. The number of aromatic nitrogens is 4. The minimum atomic E-state index is -0.510. The molecule has 6 nitrogen and oxygen atoms in total. The van der Waals surface area contributed by atoms with Gasteiger partial charge < -0.3 is 5.73 Å². The summed E-state index contributed by atoms with van der Waals surface area (Å²) < 4.78 is 0. The zero-order chi connectivity index (χ0) is 9.97. The summed E-state index contributed by atoms with van der Waals surface area (Å²) in [6, 6.07) is 3.41. The second-order valence-corrected chi connectivity index (χ2v) is 2.60. The standard InChI is InChI=1S/C8H7N5O/c9-7-11-6(12-8(14)13-7)5-1-3-10-4-2-5/h1-4H,(H3,9,11,12,13,14). The molecular formula is C8H7N5O. The van der Waals surface area contributed by atoms with Crippen LogP contribution < -0.4 is 11.4 Å². The average molecular weight is 189 g/mol. The summed E-state index contributed by atoms with van der Waals surface area (Å²) in [5, 5.41) is 0. The van der Waals surface area contributed by atoms with Gasteiger partial charge in [0.1, 0.15) is 0 Å².